The average molecular weight is 271 g/mol. The SMILES string of the molecule is CCCNCc1ccc(OCCc2ccccn2)nc1. The fourth-order valence-corrected chi connectivity index (χ4v) is 1.82. The van der Waals surface area contributed by atoms with Crippen molar-refractivity contribution in [3.05, 3.63) is 54.0 Å². The van der Waals surface area contributed by atoms with E-state index in [1.807, 2.05) is 36.5 Å². The van der Waals surface area contributed by atoms with Gasteiger partial charge in [0.1, 0.15) is 0 Å². The topological polar surface area (TPSA) is 47.0 Å². The van der Waals surface area contributed by atoms with E-state index in [1.165, 1.54) is 5.56 Å². The van der Waals surface area contributed by atoms with E-state index in [0.29, 0.717) is 12.5 Å². The fourth-order valence-electron chi connectivity index (χ4n) is 1.82. The molecule has 4 nitrogen and oxygen atoms in total. The number of aromatic nitrogens is 2. The van der Waals surface area contributed by atoms with Crippen LogP contribution in [0.5, 0.6) is 5.88 Å². The molecule has 0 aromatic carbocycles. The van der Waals surface area contributed by atoms with Crippen LogP contribution in [-0.2, 0) is 13.0 Å². The van der Waals surface area contributed by atoms with Crippen molar-refractivity contribution in [2.45, 2.75) is 26.3 Å². The number of hydrogen-bond acceptors (Lipinski definition) is 4. The molecular formula is C16H21N3O. The summed E-state index contributed by atoms with van der Waals surface area (Å²) in [5.74, 6) is 0.667. The minimum absolute atomic E-state index is 0.595. The monoisotopic (exact) mass is 271 g/mol. The zero-order chi connectivity index (χ0) is 14.0. The van der Waals surface area contributed by atoms with E-state index >= 15 is 0 Å². The summed E-state index contributed by atoms with van der Waals surface area (Å²) < 4.78 is 5.62. The van der Waals surface area contributed by atoms with Gasteiger partial charge in [-0.1, -0.05) is 19.1 Å². The Balaban J connectivity index is 1.73. The highest BCUT2D eigenvalue weighted by atomic mass is 16.5. The third-order valence-corrected chi connectivity index (χ3v) is 2.89. The van der Waals surface area contributed by atoms with E-state index in [1.54, 1.807) is 6.20 Å². The van der Waals surface area contributed by atoms with Crippen LogP contribution >= 0.6 is 0 Å². The van der Waals surface area contributed by atoms with Crippen molar-refractivity contribution < 1.29 is 4.74 Å². The van der Waals surface area contributed by atoms with Gasteiger partial charge in [0.05, 0.1) is 6.61 Å². The minimum Gasteiger partial charge on any atom is -0.477 e. The molecule has 4 heteroatoms. The van der Waals surface area contributed by atoms with Crippen LogP contribution in [0.2, 0.25) is 0 Å². The first kappa shape index (κ1) is 14.5. The maximum absolute atomic E-state index is 5.62. The molecule has 2 aromatic heterocycles. The molecule has 2 rings (SSSR count). The standard InChI is InChI=1S/C16H21N3O/c1-2-9-17-12-14-6-7-16(19-13-14)20-11-8-15-5-3-4-10-18-15/h3-7,10,13,17H,2,8-9,11-12H2,1H3. The van der Waals surface area contributed by atoms with Crippen molar-refractivity contribution >= 4 is 0 Å². The molecule has 0 atom stereocenters. The largest absolute Gasteiger partial charge is 0.477 e. The highest BCUT2D eigenvalue weighted by Crippen LogP contribution is 2.08. The van der Waals surface area contributed by atoms with Gasteiger partial charge in [0, 0.05) is 37.1 Å². The maximum atomic E-state index is 5.62. The molecule has 0 spiro atoms. The summed E-state index contributed by atoms with van der Waals surface area (Å²) >= 11 is 0. The molecule has 0 amide bonds. The molecule has 0 unspecified atom stereocenters. The van der Waals surface area contributed by atoms with E-state index in [0.717, 1.165) is 31.6 Å². The first-order chi connectivity index (χ1) is 9.88. The molecule has 0 radical (unpaired) electrons. The molecule has 0 saturated heterocycles. The van der Waals surface area contributed by atoms with Crippen LogP contribution in [0.25, 0.3) is 0 Å². The number of pyridine rings is 2. The Hall–Kier alpha value is -1.94. The van der Waals surface area contributed by atoms with E-state index in [-0.39, 0.29) is 0 Å². The van der Waals surface area contributed by atoms with Gasteiger partial charge < -0.3 is 10.1 Å². The molecule has 1 N–H and O–H groups in total. The maximum Gasteiger partial charge on any atom is 0.213 e. The van der Waals surface area contributed by atoms with Crippen molar-refractivity contribution in [1.82, 2.24) is 15.3 Å². The summed E-state index contributed by atoms with van der Waals surface area (Å²) in [6.07, 6.45) is 5.59. The molecule has 0 aliphatic carbocycles. The summed E-state index contributed by atoms with van der Waals surface area (Å²) in [4.78, 5) is 8.56. The van der Waals surface area contributed by atoms with Gasteiger partial charge >= 0.3 is 0 Å². The Morgan fingerprint density at radius 1 is 1.15 bits per heavy atom. The second kappa shape index (κ2) is 8.27. The smallest absolute Gasteiger partial charge is 0.213 e. The minimum atomic E-state index is 0.595. The highest BCUT2D eigenvalue weighted by Gasteiger charge is 1.98. The lowest BCUT2D eigenvalue weighted by Crippen LogP contribution is -2.13. The number of nitrogens with zero attached hydrogens (tertiary/aromatic N) is 2. The summed E-state index contributed by atoms with van der Waals surface area (Å²) in [6.45, 7) is 4.64. The summed E-state index contributed by atoms with van der Waals surface area (Å²) in [5.41, 5.74) is 2.21. The molecular weight excluding hydrogens is 250 g/mol. The van der Waals surface area contributed by atoms with Gasteiger partial charge in [0.25, 0.3) is 0 Å². The van der Waals surface area contributed by atoms with E-state index in [4.69, 9.17) is 4.74 Å². The Labute approximate surface area is 120 Å². The third kappa shape index (κ3) is 4.97. The Morgan fingerprint density at radius 2 is 2.10 bits per heavy atom. The van der Waals surface area contributed by atoms with Gasteiger partial charge in [-0.25, -0.2) is 4.98 Å². The quantitative estimate of drug-likeness (QED) is 0.750. The van der Waals surface area contributed by atoms with Gasteiger partial charge in [0.2, 0.25) is 5.88 Å². The van der Waals surface area contributed by atoms with Gasteiger partial charge in [0.15, 0.2) is 0 Å². The molecule has 2 aromatic rings. The fraction of sp³-hybridized carbons (Fsp3) is 0.375. The molecule has 20 heavy (non-hydrogen) atoms. The van der Waals surface area contributed by atoms with E-state index < -0.39 is 0 Å². The van der Waals surface area contributed by atoms with Crippen LogP contribution < -0.4 is 10.1 Å². The normalized spacial score (nSPS) is 10.4. The predicted octanol–water partition coefficient (Wildman–Crippen LogP) is 2.60. The molecule has 0 aliphatic rings. The predicted molar refractivity (Wildman–Crippen MR) is 79.7 cm³/mol. The van der Waals surface area contributed by atoms with E-state index in [9.17, 15) is 0 Å². The van der Waals surface area contributed by atoms with Crippen LogP contribution in [0.4, 0.5) is 0 Å². The van der Waals surface area contributed by atoms with E-state index in [2.05, 4.69) is 22.2 Å². The van der Waals surface area contributed by atoms with Gasteiger partial charge in [-0.15, -0.1) is 0 Å². The first-order valence-electron chi connectivity index (χ1n) is 7.07. The average Bonchev–Trinajstić information content (AvgIpc) is 2.50. The van der Waals surface area contributed by atoms with Gasteiger partial charge in [-0.05, 0) is 30.7 Å². The van der Waals surface area contributed by atoms with Gasteiger partial charge in [-0.2, -0.15) is 0 Å². The summed E-state index contributed by atoms with van der Waals surface area (Å²) in [6, 6.07) is 9.86. The molecule has 2 heterocycles. The first-order valence-corrected chi connectivity index (χ1v) is 7.07. The molecule has 0 aliphatic heterocycles. The summed E-state index contributed by atoms with van der Waals surface area (Å²) in [7, 11) is 0. The molecule has 0 saturated carbocycles. The molecule has 0 bridgehead atoms. The second-order valence-corrected chi connectivity index (χ2v) is 4.60. The highest BCUT2D eigenvalue weighted by molar-refractivity contribution is 5.17. The lowest BCUT2D eigenvalue weighted by atomic mass is 10.3. The van der Waals surface area contributed by atoms with Crippen molar-refractivity contribution in [2.75, 3.05) is 13.2 Å². The number of ether oxygens (including phenoxy) is 1. The Bertz CT molecular complexity index is 485. The Kier molecular flexibility index (Phi) is 5.99. The zero-order valence-corrected chi connectivity index (χ0v) is 11.9. The van der Waals surface area contributed by atoms with Crippen LogP contribution in [-0.4, -0.2) is 23.1 Å². The number of rotatable bonds is 8. The zero-order valence-electron chi connectivity index (χ0n) is 11.9. The van der Waals surface area contributed by atoms with Crippen molar-refractivity contribution in [3.8, 4) is 5.88 Å². The molecule has 106 valence electrons. The summed E-state index contributed by atoms with van der Waals surface area (Å²) in [5, 5.41) is 3.35. The van der Waals surface area contributed by atoms with Crippen molar-refractivity contribution in [3.63, 3.8) is 0 Å². The van der Waals surface area contributed by atoms with Crippen LogP contribution in [0.1, 0.15) is 24.6 Å². The van der Waals surface area contributed by atoms with Crippen molar-refractivity contribution in [2.24, 2.45) is 0 Å². The number of hydrogen-bond donors (Lipinski definition) is 1. The van der Waals surface area contributed by atoms with Crippen molar-refractivity contribution in [1.29, 1.82) is 0 Å². The second-order valence-electron chi connectivity index (χ2n) is 4.60. The lowest BCUT2D eigenvalue weighted by Gasteiger charge is -2.06. The van der Waals surface area contributed by atoms with Crippen LogP contribution in [0, 0.1) is 0 Å². The molecule has 0 fully saturated rings. The Morgan fingerprint density at radius 3 is 2.80 bits per heavy atom. The lowest BCUT2D eigenvalue weighted by molar-refractivity contribution is 0.308. The third-order valence-electron chi connectivity index (χ3n) is 2.89. The number of nitrogens with one attached hydrogen (secondary N) is 1. The van der Waals surface area contributed by atoms with Crippen LogP contribution in [0.3, 0.4) is 0 Å². The van der Waals surface area contributed by atoms with Crippen LogP contribution in [0.15, 0.2) is 42.7 Å². The van der Waals surface area contributed by atoms with Gasteiger partial charge in [-0.3, -0.25) is 4.98 Å².